The van der Waals surface area contributed by atoms with Crippen LogP contribution in [-0.2, 0) is 16.0 Å². The Morgan fingerprint density at radius 3 is 2.61 bits per heavy atom. The predicted molar refractivity (Wildman–Crippen MR) is 125 cm³/mol. The number of rotatable bonds is 3. The van der Waals surface area contributed by atoms with Crippen molar-refractivity contribution in [3.8, 4) is 0 Å². The van der Waals surface area contributed by atoms with Crippen LogP contribution in [0, 0.1) is 0 Å². The Hall–Kier alpha value is -2.21. The number of hydrogen-bond donors (Lipinski definition) is 1. The molecule has 7 heteroatoms. The quantitative estimate of drug-likeness (QED) is 0.576. The number of halogens is 2. The molecule has 2 aliphatic heterocycles. The first kappa shape index (κ1) is 20.7. The average molecular weight is 458 g/mol. The van der Waals surface area contributed by atoms with E-state index in [9.17, 15) is 4.79 Å². The summed E-state index contributed by atoms with van der Waals surface area (Å²) >= 11 is 12.3. The Morgan fingerprint density at radius 1 is 1.16 bits per heavy atom. The lowest BCUT2D eigenvalue weighted by Crippen LogP contribution is -2.47. The van der Waals surface area contributed by atoms with Crippen LogP contribution >= 0.6 is 23.2 Å². The summed E-state index contributed by atoms with van der Waals surface area (Å²) in [6.07, 6.45) is 0.765. The number of hydrogen-bond acceptors (Lipinski definition) is 3. The van der Waals surface area contributed by atoms with Crippen LogP contribution in [0.1, 0.15) is 29.8 Å². The van der Waals surface area contributed by atoms with Gasteiger partial charge in [-0.1, -0.05) is 23.7 Å². The minimum absolute atomic E-state index is 0.0284. The van der Waals surface area contributed by atoms with Crippen molar-refractivity contribution in [3.63, 3.8) is 0 Å². The smallest absolute Gasteiger partial charge is 0.238 e. The highest BCUT2D eigenvalue weighted by atomic mass is 35.5. The van der Waals surface area contributed by atoms with Crippen molar-refractivity contribution in [2.45, 2.75) is 25.4 Å². The minimum atomic E-state index is -0.213. The van der Waals surface area contributed by atoms with E-state index in [-0.39, 0.29) is 23.9 Å². The monoisotopic (exact) mass is 457 g/mol. The lowest BCUT2D eigenvalue weighted by atomic mass is 9.88. The number of alkyl halides is 1. The van der Waals surface area contributed by atoms with Gasteiger partial charge in [-0.25, -0.2) is 0 Å². The maximum atomic E-state index is 12.9. The molecule has 0 saturated carbocycles. The number of fused-ring (bicyclic) bond motifs is 3. The van der Waals surface area contributed by atoms with Crippen molar-refractivity contribution in [2.24, 2.45) is 0 Å². The number of amides is 1. The van der Waals surface area contributed by atoms with Gasteiger partial charge in [-0.15, -0.1) is 11.6 Å². The molecule has 0 aliphatic carbocycles. The number of morpholine rings is 1. The highest BCUT2D eigenvalue weighted by Crippen LogP contribution is 2.41. The molecule has 1 amide bonds. The van der Waals surface area contributed by atoms with Crippen LogP contribution in [-0.4, -0.2) is 54.0 Å². The van der Waals surface area contributed by atoms with Gasteiger partial charge in [0, 0.05) is 46.4 Å². The van der Waals surface area contributed by atoms with Crippen molar-refractivity contribution < 1.29 is 9.53 Å². The summed E-state index contributed by atoms with van der Waals surface area (Å²) in [5.41, 5.74) is 5.56. The summed E-state index contributed by atoms with van der Waals surface area (Å²) in [5, 5.41) is 1.84. The maximum absolute atomic E-state index is 12.9. The zero-order valence-corrected chi connectivity index (χ0v) is 18.9. The van der Waals surface area contributed by atoms with Gasteiger partial charge < -0.3 is 19.5 Å². The number of carbonyl (C=O) groups excluding carboxylic acids is 1. The largest absolute Gasteiger partial charge is 0.378 e. The molecule has 1 N–H and O–H groups in total. The molecule has 0 bridgehead atoms. The second-order valence-electron chi connectivity index (χ2n) is 8.29. The Balaban J connectivity index is 1.60. The van der Waals surface area contributed by atoms with Gasteiger partial charge in [0.25, 0.3) is 0 Å². The van der Waals surface area contributed by atoms with E-state index in [2.05, 4.69) is 41.1 Å². The van der Waals surface area contributed by atoms with Gasteiger partial charge >= 0.3 is 0 Å². The molecule has 1 fully saturated rings. The molecule has 1 aromatic heterocycles. The third-order valence-corrected chi connectivity index (χ3v) is 6.88. The van der Waals surface area contributed by atoms with E-state index >= 15 is 0 Å². The van der Waals surface area contributed by atoms with Gasteiger partial charge in [0.1, 0.15) is 5.88 Å². The van der Waals surface area contributed by atoms with Crippen LogP contribution in [0.15, 0.2) is 42.5 Å². The number of nitrogens with zero attached hydrogens (tertiary/aromatic N) is 2. The summed E-state index contributed by atoms with van der Waals surface area (Å²) in [4.78, 5) is 20.7. The summed E-state index contributed by atoms with van der Waals surface area (Å²) in [6, 6.07) is 14.3. The van der Waals surface area contributed by atoms with Crippen LogP contribution in [0.4, 0.5) is 5.69 Å². The van der Waals surface area contributed by atoms with Crippen molar-refractivity contribution in [3.05, 3.63) is 64.3 Å². The van der Waals surface area contributed by atoms with Crippen molar-refractivity contribution in [2.75, 3.05) is 37.1 Å². The van der Waals surface area contributed by atoms with Crippen molar-refractivity contribution >= 4 is 45.7 Å². The van der Waals surface area contributed by atoms with Crippen molar-refractivity contribution in [1.29, 1.82) is 0 Å². The van der Waals surface area contributed by atoms with E-state index in [1.807, 2.05) is 23.1 Å². The number of ether oxygens (including phenoxy) is 1. The minimum Gasteiger partial charge on any atom is -0.378 e. The molecule has 5 nitrogen and oxygen atoms in total. The second kappa shape index (κ2) is 8.38. The summed E-state index contributed by atoms with van der Waals surface area (Å²) in [5.74, 6) is -0.0903. The number of aromatic nitrogens is 1. The van der Waals surface area contributed by atoms with Crippen LogP contribution in [0.2, 0.25) is 5.02 Å². The number of anilines is 1. The van der Waals surface area contributed by atoms with E-state index in [4.69, 9.17) is 27.9 Å². The molecule has 31 heavy (non-hydrogen) atoms. The molecule has 1 saturated heterocycles. The molecule has 2 atom stereocenters. The number of carbonyl (C=O) groups is 1. The van der Waals surface area contributed by atoms with Gasteiger partial charge in [-0.3, -0.25) is 4.79 Å². The van der Waals surface area contributed by atoms with Crippen molar-refractivity contribution in [1.82, 2.24) is 9.88 Å². The number of benzene rings is 2. The summed E-state index contributed by atoms with van der Waals surface area (Å²) in [7, 11) is 0. The molecule has 0 spiro atoms. The lowest BCUT2D eigenvalue weighted by Gasteiger charge is -2.41. The molecule has 5 rings (SSSR count). The summed E-state index contributed by atoms with van der Waals surface area (Å²) < 4.78 is 5.47. The van der Waals surface area contributed by atoms with Gasteiger partial charge in [-0.05, 0) is 54.8 Å². The average Bonchev–Trinajstić information content (AvgIpc) is 3.15. The second-order valence-corrected chi connectivity index (χ2v) is 8.99. The highest BCUT2D eigenvalue weighted by molar-refractivity contribution is 6.31. The third kappa shape index (κ3) is 3.69. The van der Waals surface area contributed by atoms with Gasteiger partial charge in [0.05, 0.1) is 19.3 Å². The molecule has 162 valence electrons. The van der Waals surface area contributed by atoms with Gasteiger partial charge in [-0.2, -0.15) is 0 Å². The Labute approximate surface area is 191 Å². The van der Waals surface area contributed by atoms with E-state index in [1.165, 1.54) is 11.3 Å². The van der Waals surface area contributed by atoms with E-state index in [0.717, 1.165) is 54.9 Å². The SMILES string of the molecule is C[C@H]1Cc2c([nH]c3ccc(Cl)cc23)[C@H](c2ccc(N3CCOCC3)cc2)N1C(=O)CCl. The first-order valence-electron chi connectivity index (χ1n) is 10.7. The molecular formula is C24H25Cl2N3O2. The lowest BCUT2D eigenvalue weighted by molar-refractivity contribution is -0.133. The number of aromatic amines is 1. The van der Waals surface area contributed by atoms with Crippen LogP contribution in [0.3, 0.4) is 0 Å². The fraction of sp³-hybridized carbons (Fsp3) is 0.375. The normalized spacial score (nSPS) is 21.4. The maximum Gasteiger partial charge on any atom is 0.238 e. The first-order chi connectivity index (χ1) is 15.1. The van der Waals surface area contributed by atoms with Crippen LogP contribution in [0.25, 0.3) is 10.9 Å². The van der Waals surface area contributed by atoms with Gasteiger partial charge in [0.2, 0.25) is 5.91 Å². The molecule has 3 heterocycles. The molecule has 0 radical (unpaired) electrons. The Morgan fingerprint density at radius 2 is 1.90 bits per heavy atom. The van der Waals surface area contributed by atoms with Crippen LogP contribution < -0.4 is 4.90 Å². The Bertz CT molecular complexity index is 1110. The fourth-order valence-corrected chi connectivity index (χ4v) is 5.27. The number of nitrogens with one attached hydrogen (secondary N) is 1. The predicted octanol–water partition coefficient (Wildman–Crippen LogP) is 4.76. The highest BCUT2D eigenvalue weighted by Gasteiger charge is 2.38. The van der Waals surface area contributed by atoms with Crippen LogP contribution in [0.5, 0.6) is 0 Å². The molecule has 2 aromatic carbocycles. The summed E-state index contributed by atoms with van der Waals surface area (Å²) in [6.45, 7) is 5.38. The van der Waals surface area contributed by atoms with E-state index in [1.54, 1.807) is 0 Å². The van der Waals surface area contributed by atoms with E-state index in [0.29, 0.717) is 5.02 Å². The topological polar surface area (TPSA) is 48.6 Å². The Kier molecular flexibility index (Phi) is 5.59. The molecule has 0 unspecified atom stereocenters. The number of H-pyrrole nitrogens is 1. The zero-order chi connectivity index (χ0) is 21.5. The molecule has 3 aromatic rings. The molecular weight excluding hydrogens is 433 g/mol. The fourth-order valence-electron chi connectivity index (χ4n) is 4.96. The standard InChI is InChI=1S/C24H25Cl2N3O2/c1-15-12-20-19-13-17(26)4-7-21(19)27-23(20)24(29(15)22(30)14-25)16-2-5-18(6-3-16)28-8-10-31-11-9-28/h2-7,13,15,24,27H,8-12,14H2,1H3/t15-,24-/m0/s1. The third-order valence-electron chi connectivity index (χ3n) is 6.41. The molecule has 2 aliphatic rings. The zero-order valence-electron chi connectivity index (χ0n) is 17.4. The van der Waals surface area contributed by atoms with Gasteiger partial charge in [0.15, 0.2) is 0 Å². The van der Waals surface area contributed by atoms with E-state index < -0.39 is 0 Å². The first-order valence-corrected chi connectivity index (χ1v) is 11.6.